The van der Waals surface area contributed by atoms with E-state index in [0.717, 1.165) is 24.3 Å². The van der Waals surface area contributed by atoms with Gasteiger partial charge in [0.1, 0.15) is 12.1 Å². The van der Waals surface area contributed by atoms with Crippen LogP contribution in [-0.2, 0) is 0 Å². The van der Waals surface area contributed by atoms with Crippen LogP contribution in [0, 0.1) is 0 Å². The second-order valence-corrected chi connectivity index (χ2v) is 4.50. The van der Waals surface area contributed by atoms with Crippen LogP contribution < -0.4 is 10.5 Å². The number of anilines is 1. The van der Waals surface area contributed by atoms with Crippen LogP contribution in [-0.4, -0.2) is 26.3 Å². The molecule has 0 bridgehead atoms. The van der Waals surface area contributed by atoms with Gasteiger partial charge in [-0.3, -0.25) is 0 Å². The number of nitrogens with zero attached hydrogens (tertiary/aromatic N) is 4. The first kappa shape index (κ1) is 11.0. The molecule has 2 aromatic rings. The van der Waals surface area contributed by atoms with E-state index in [0.29, 0.717) is 11.8 Å². The topological polar surface area (TPSA) is 78.9 Å². The zero-order valence-corrected chi connectivity index (χ0v) is 9.99. The lowest BCUT2D eigenvalue weighted by Gasteiger charge is -2.15. The molecule has 18 heavy (non-hydrogen) atoms. The fourth-order valence-electron chi connectivity index (χ4n) is 2.25. The fraction of sp³-hybridized carbons (Fsp3) is 0.417. The van der Waals surface area contributed by atoms with Crippen molar-refractivity contribution in [3.05, 3.63) is 24.5 Å². The Morgan fingerprint density at radius 2 is 2.11 bits per heavy atom. The number of hydrogen-bond donors (Lipinski definition) is 1. The maximum Gasteiger partial charge on any atom is 0.143 e. The van der Waals surface area contributed by atoms with Crippen molar-refractivity contribution in [2.75, 3.05) is 5.73 Å². The lowest BCUT2D eigenvalue weighted by Crippen LogP contribution is -2.12. The lowest BCUT2D eigenvalue weighted by molar-refractivity contribution is 0.211. The first-order valence-corrected chi connectivity index (χ1v) is 6.12. The Balaban J connectivity index is 1.80. The molecule has 1 fully saturated rings. The predicted molar refractivity (Wildman–Crippen MR) is 66.5 cm³/mol. The van der Waals surface area contributed by atoms with Crippen LogP contribution in [0.4, 0.5) is 5.69 Å². The molecule has 0 radical (unpaired) electrons. The predicted octanol–water partition coefficient (Wildman–Crippen LogP) is 1.57. The minimum absolute atomic E-state index is 0.311. The Hall–Kier alpha value is -2.11. The van der Waals surface area contributed by atoms with Crippen molar-refractivity contribution in [1.29, 1.82) is 0 Å². The second kappa shape index (κ2) is 4.64. The van der Waals surface area contributed by atoms with E-state index in [1.54, 1.807) is 4.68 Å². The van der Waals surface area contributed by atoms with Crippen LogP contribution >= 0.6 is 0 Å². The molecule has 1 aliphatic rings. The van der Waals surface area contributed by atoms with E-state index in [-0.39, 0.29) is 0 Å². The molecule has 1 saturated carbocycles. The molecular formula is C12H15N5O. The fourth-order valence-corrected chi connectivity index (χ4v) is 2.25. The Kier molecular flexibility index (Phi) is 2.84. The van der Waals surface area contributed by atoms with Gasteiger partial charge in [-0.25, -0.2) is 4.68 Å². The number of nitrogen functional groups attached to an aromatic ring is 1. The van der Waals surface area contributed by atoms with Crippen LogP contribution in [0.2, 0.25) is 0 Å². The highest BCUT2D eigenvalue weighted by atomic mass is 16.5. The third-order valence-corrected chi connectivity index (χ3v) is 3.20. The van der Waals surface area contributed by atoms with E-state index in [1.807, 2.05) is 18.2 Å². The number of tetrazole rings is 1. The quantitative estimate of drug-likeness (QED) is 0.830. The number of rotatable bonds is 3. The van der Waals surface area contributed by atoms with Crippen LogP contribution in [0.15, 0.2) is 24.5 Å². The molecule has 6 nitrogen and oxygen atoms in total. The Labute approximate surface area is 105 Å². The Morgan fingerprint density at radius 1 is 1.28 bits per heavy atom. The molecule has 3 rings (SSSR count). The highest BCUT2D eigenvalue weighted by Crippen LogP contribution is 2.29. The minimum Gasteiger partial charge on any atom is -0.488 e. The first-order chi connectivity index (χ1) is 8.83. The van der Waals surface area contributed by atoms with Gasteiger partial charge in [0, 0.05) is 0 Å². The SMILES string of the molecule is Nc1cc(-n2cnnn2)ccc1OC1CCCC1. The maximum atomic E-state index is 6.00. The molecule has 94 valence electrons. The van der Waals surface area contributed by atoms with Crippen molar-refractivity contribution in [1.82, 2.24) is 20.2 Å². The summed E-state index contributed by atoms with van der Waals surface area (Å²) in [6.45, 7) is 0. The van der Waals surface area contributed by atoms with Gasteiger partial charge in [0.2, 0.25) is 0 Å². The van der Waals surface area contributed by atoms with Gasteiger partial charge < -0.3 is 10.5 Å². The molecule has 1 aliphatic carbocycles. The van der Waals surface area contributed by atoms with E-state index in [9.17, 15) is 0 Å². The molecular weight excluding hydrogens is 230 g/mol. The Morgan fingerprint density at radius 3 is 2.78 bits per heavy atom. The van der Waals surface area contributed by atoms with E-state index >= 15 is 0 Å². The summed E-state index contributed by atoms with van der Waals surface area (Å²) in [5.74, 6) is 0.749. The average Bonchev–Trinajstić information content (AvgIpc) is 3.04. The van der Waals surface area contributed by atoms with Gasteiger partial charge in [-0.1, -0.05) is 0 Å². The van der Waals surface area contributed by atoms with Gasteiger partial charge in [0.05, 0.1) is 17.5 Å². The zero-order chi connectivity index (χ0) is 12.4. The van der Waals surface area contributed by atoms with E-state index in [2.05, 4.69) is 15.5 Å². The van der Waals surface area contributed by atoms with Gasteiger partial charge in [-0.15, -0.1) is 5.10 Å². The van der Waals surface area contributed by atoms with E-state index < -0.39 is 0 Å². The van der Waals surface area contributed by atoms with Crippen molar-refractivity contribution >= 4 is 5.69 Å². The molecule has 2 N–H and O–H groups in total. The summed E-state index contributed by atoms with van der Waals surface area (Å²) in [4.78, 5) is 0. The molecule has 0 spiro atoms. The summed E-state index contributed by atoms with van der Waals surface area (Å²) in [6.07, 6.45) is 6.57. The summed E-state index contributed by atoms with van der Waals surface area (Å²) < 4.78 is 7.46. The minimum atomic E-state index is 0.311. The number of ether oxygens (including phenoxy) is 1. The van der Waals surface area contributed by atoms with Gasteiger partial charge >= 0.3 is 0 Å². The van der Waals surface area contributed by atoms with Crippen LogP contribution in [0.1, 0.15) is 25.7 Å². The summed E-state index contributed by atoms with van der Waals surface area (Å²) in [5.41, 5.74) is 7.45. The van der Waals surface area contributed by atoms with Crippen molar-refractivity contribution in [3.8, 4) is 11.4 Å². The van der Waals surface area contributed by atoms with Gasteiger partial charge in [0.15, 0.2) is 0 Å². The van der Waals surface area contributed by atoms with Crippen LogP contribution in [0.25, 0.3) is 5.69 Å². The van der Waals surface area contributed by atoms with E-state index in [4.69, 9.17) is 10.5 Å². The Bertz CT molecular complexity index is 519. The molecule has 0 aliphatic heterocycles. The first-order valence-electron chi connectivity index (χ1n) is 6.12. The number of hydrogen-bond acceptors (Lipinski definition) is 5. The van der Waals surface area contributed by atoms with Gasteiger partial charge in [-0.2, -0.15) is 0 Å². The van der Waals surface area contributed by atoms with Crippen molar-refractivity contribution in [3.63, 3.8) is 0 Å². The number of aromatic nitrogens is 4. The molecule has 0 atom stereocenters. The van der Waals surface area contributed by atoms with Crippen LogP contribution in [0.3, 0.4) is 0 Å². The summed E-state index contributed by atoms with van der Waals surface area (Å²) in [7, 11) is 0. The monoisotopic (exact) mass is 245 g/mol. The van der Waals surface area contributed by atoms with Crippen LogP contribution in [0.5, 0.6) is 5.75 Å². The zero-order valence-electron chi connectivity index (χ0n) is 9.99. The second-order valence-electron chi connectivity index (χ2n) is 4.50. The molecule has 0 saturated heterocycles. The van der Waals surface area contributed by atoms with Gasteiger partial charge in [-0.05, 0) is 54.3 Å². The average molecular weight is 245 g/mol. The number of nitrogens with two attached hydrogens (primary N) is 1. The maximum absolute atomic E-state index is 6.00. The lowest BCUT2D eigenvalue weighted by atomic mass is 10.2. The van der Waals surface area contributed by atoms with Crippen molar-refractivity contribution in [2.24, 2.45) is 0 Å². The molecule has 0 amide bonds. The molecule has 0 unspecified atom stereocenters. The largest absolute Gasteiger partial charge is 0.488 e. The molecule has 1 aromatic carbocycles. The van der Waals surface area contributed by atoms with Gasteiger partial charge in [0.25, 0.3) is 0 Å². The van der Waals surface area contributed by atoms with E-state index in [1.165, 1.54) is 19.2 Å². The highest BCUT2D eigenvalue weighted by molar-refractivity contribution is 5.58. The summed E-state index contributed by atoms with van der Waals surface area (Å²) in [5, 5.41) is 11.0. The third kappa shape index (κ3) is 2.13. The third-order valence-electron chi connectivity index (χ3n) is 3.20. The normalized spacial score (nSPS) is 16.0. The summed E-state index contributed by atoms with van der Waals surface area (Å²) in [6, 6.07) is 5.60. The standard InChI is InChI=1S/C12H15N5O/c13-11-7-9(17-8-14-15-16-17)5-6-12(11)18-10-3-1-2-4-10/h5-8,10H,1-4,13H2. The number of benzene rings is 1. The highest BCUT2D eigenvalue weighted by Gasteiger charge is 2.17. The molecule has 1 aromatic heterocycles. The van der Waals surface area contributed by atoms with Crippen molar-refractivity contribution < 1.29 is 4.74 Å². The molecule has 6 heteroatoms. The van der Waals surface area contributed by atoms with Crippen molar-refractivity contribution in [2.45, 2.75) is 31.8 Å². The smallest absolute Gasteiger partial charge is 0.143 e. The molecule has 1 heterocycles. The summed E-state index contributed by atoms with van der Waals surface area (Å²) >= 11 is 0.